The Kier molecular flexibility index (Phi) is 3.21. The van der Waals surface area contributed by atoms with Gasteiger partial charge in [-0.3, -0.25) is 0 Å². The molecule has 5 nitrogen and oxygen atoms in total. The number of aromatic nitrogens is 2. The van der Waals surface area contributed by atoms with Gasteiger partial charge < -0.3 is 15.5 Å². The van der Waals surface area contributed by atoms with Crippen LogP contribution in [0.1, 0.15) is 29.3 Å². The predicted octanol–water partition coefficient (Wildman–Crippen LogP) is 2.07. The van der Waals surface area contributed by atoms with Gasteiger partial charge in [-0.15, -0.1) is 16.4 Å². The Hall–Kier alpha value is -1.40. The highest BCUT2D eigenvalue weighted by molar-refractivity contribution is 7.10. The lowest BCUT2D eigenvalue weighted by Gasteiger charge is -2.00. The van der Waals surface area contributed by atoms with E-state index in [9.17, 15) is 0 Å². The van der Waals surface area contributed by atoms with Crippen molar-refractivity contribution in [2.45, 2.75) is 26.4 Å². The molecule has 0 saturated heterocycles. The van der Waals surface area contributed by atoms with Crippen LogP contribution < -0.4 is 11.1 Å². The van der Waals surface area contributed by atoms with E-state index in [1.54, 1.807) is 18.3 Å². The van der Waals surface area contributed by atoms with Crippen molar-refractivity contribution < 1.29 is 4.42 Å². The number of nitrogens with two attached hydrogens (primary N) is 1. The smallest absolute Gasteiger partial charge is 0.315 e. The molecule has 2 aromatic rings. The molecule has 6 heteroatoms. The van der Waals surface area contributed by atoms with Gasteiger partial charge in [0.15, 0.2) is 0 Å². The summed E-state index contributed by atoms with van der Waals surface area (Å²) >= 11 is 1.70. The minimum Gasteiger partial charge on any atom is -0.406 e. The highest BCUT2D eigenvalue weighted by atomic mass is 32.1. The summed E-state index contributed by atoms with van der Waals surface area (Å²) in [5, 5.41) is 12.8. The lowest BCUT2D eigenvalue weighted by atomic mass is 10.3. The van der Waals surface area contributed by atoms with Gasteiger partial charge in [-0.05, 0) is 30.9 Å². The van der Waals surface area contributed by atoms with E-state index >= 15 is 0 Å². The average molecular weight is 238 g/mol. The molecule has 2 rings (SSSR count). The highest BCUT2D eigenvalue weighted by Crippen LogP contribution is 2.17. The molecule has 0 spiro atoms. The Morgan fingerprint density at radius 2 is 2.38 bits per heavy atom. The SMILES string of the molecule is Cc1ccsc1CNc1nnc(C(C)N)o1. The lowest BCUT2D eigenvalue weighted by Crippen LogP contribution is -2.04. The summed E-state index contributed by atoms with van der Waals surface area (Å²) in [6.45, 7) is 4.58. The first-order valence-electron chi connectivity index (χ1n) is 5.02. The van der Waals surface area contributed by atoms with E-state index in [0.717, 1.165) is 0 Å². The summed E-state index contributed by atoms with van der Waals surface area (Å²) in [5.41, 5.74) is 6.89. The second kappa shape index (κ2) is 4.63. The van der Waals surface area contributed by atoms with Crippen LogP contribution >= 0.6 is 11.3 Å². The Bertz CT molecular complexity index is 463. The molecule has 2 heterocycles. The van der Waals surface area contributed by atoms with Crippen LogP contribution in [0.4, 0.5) is 6.01 Å². The Labute approximate surface area is 97.7 Å². The summed E-state index contributed by atoms with van der Waals surface area (Å²) in [6, 6.07) is 2.27. The first kappa shape index (κ1) is 11.1. The molecule has 0 amide bonds. The van der Waals surface area contributed by atoms with Crippen LogP contribution in [0.5, 0.6) is 0 Å². The lowest BCUT2D eigenvalue weighted by molar-refractivity contribution is 0.473. The molecule has 16 heavy (non-hydrogen) atoms. The van der Waals surface area contributed by atoms with Crippen molar-refractivity contribution in [3.63, 3.8) is 0 Å². The molecular formula is C10H14N4OS. The summed E-state index contributed by atoms with van der Waals surface area (Å²) in [4.78, 5) is 1.26. The third kappa shape index (κ3) is 2.40. The summed E-state index contributed by atoms with van der Waals surface area (Å²) in [7, 11) is 0. The maximum atomic E-state index is 5.62. The summed E-state index contributed by atoms with van der Waals surface area (Å²) < 4.78 is 5.33. The van der Waals surface area contributed by atoms with E-state index in [1.165, 1.54) is 10.4 Å². The van der Waals surface area contributed by atoms with Crippen molar-refractivity contribution >= 4 is 17.4 Å². The van der Waals surface area contributed by atoms with E-state index < -0.39 is 0 Å². The predicted molar refractivity (Wildman–Crippen MR) is 63.3 cm³/mol. The third-order valence-corrected chi connectivity index (χ3v) is 3.22. The molecule has 0 aliphatic rings. The third-order valence-electron chi connectivity index (χ3n) is 2.20. The van der Waals surface area contributed by atoms with Crippen LogP contribution in [-0.2, 0) is 6.54 Å². The monoisotopic (exact) mass is 238 g/mol. The fourth-order valence-electron chi connectivity index (χ4n) is 1.23. The molecule has 0 radical (unpaired) electrons. The molecule has 1 unspecified atom stereocenters. The number of anilines is 1. The molecular weight excluding hydrogens is 224 g/mol. The van der Waals surface area contributed by atoms with Gasteiger partial charge in [0, 0.05) is 4.88 Å². The Morgan fingerprint density at radius 1 is 1.56 bits per heavy atom. The van der Waals surface area contributed by atoms with Gasteiger partial charge >= 0.3 is 6.01 Å². The van der Waals surface area contributed by atoms with Crippen molar-refractivity contribution in [3.05, 3.63) is 27.8 Å². The van der Waals surface area contributed by atoms with Gasteiger partial charge in [0.2, 0.25) is 5.89 Å². The Morgan fingerprint density at radius 3 is 2.94 bits per heavy atom. The Balaban J connectivity index is 1.97. The summed E-state index contributed by atoms with van der Waals surface area (Å²) in [6.07, 6.45) is 0. The van der Waals surface area contributed by atoms with E-state index in [1.807, 2.05) is 0 Å². The van der Waals surface area contributed by atoms with Crippen molar-refractivity contribution in [2.24, 2.45) is 5.73 Å². The number of aryl methyl sites for hydroxylation is 1. The van der Waals surface area contributed by atoms with Crippen molar-refractivity contribution in [1.82, 2.24) is 10.2 Å². The maximum Gasteiger partial charge on any atom is 0.315 e. The number of rotatable bonds is 4. The topological polar surface area (TPSA) is 77.0 Å². The zero-order valence-corrected chi connectivity index (χ0v) is 10.0. The molecule has 1 atom stereocenters. The molecule has 2 aromatic heterocycles. The van der Waals surface area contributed by atoms with Crippen molar-refractivity contribution in [2.75, 3.05) is 5.32 Å². The fraction of sp³-hybridized carbons (Fsp3) is 0.400. The first-order valence-corrected chi connectivity index (χ1v) is 5.90. The number of nitrogens with zero attached hydrogens (tertiary/aromatic N) is 2. The molecule has 0 aromatic carbocycles. The van der Waals surface area contributed by atoms with E-state index in [4.69, 9.17) is 10.2 Å². The van der Waals surface area contributed by atoms with Gasteiger partial charge in [0.1, 0.15) is 0 Å². The van der Waals surface area contributed by atoms with Crippen LogP contribution in [0.3, 0.4) is 0 Å². The van der Waals surface area contributed by atoms with Gasteiger partial charge in [-0.25, -0.2) is 0 Å². The van der Waals surface area contributed by atoms with Crippen LogP contribution in [0, 0.1) is 6.92 Å². The second-order valence-electron chi connectivity index (χ2n) is 3.61. The largest absolute Gasteiger partial charge is 0.406 e. The second-order valence-corrected chi connectivity index (χ2v) is 4.62. The van der Waals surface area contributed by atoms with Crippen LogP contribution in [0.2, 0.25) is 0 Å². The van der Waals surface area contributed by atoms with Gasteiger partial charge in [0.25, 0.3) is 0 Å². The molecule has 3 N–H and O–H groups in total. The van der Waals surface area contributed by atoms with Crippen LogP contribution in [0.15, 0.2) is 15.9 Å². The van der Waals surface area contributed by atoms with Crippen molar-refractivity contribution in [3.8, 4) is 0 Å². The standard InChI is InChI=1S/C10H14N4OS/c1-6-3-4-16-8(6)5-12-10-14-13-9(15-10)7(2)11/h3-4,7H,5,11H2,1-2H3,(H,12,14). The number of hydrogen-bond acceptors (Lipinski definition) is 6. The molecule has 86 valence electrons. The summed E-state index contributed by atoms with van der Waals surface area (Å²) in [5.74, 6) is 0.449. The molecule has 0 aliphatic heterocycles. The maximum absolute atomic E-state index is 5.62. The van der Waals surface area contributed by atoms with Crippen molar-refractivity contribution in [1.29, 1.82) is 0 Å². The van der Waals surface area contributed by atoms with Gasteiger partial charge in [-0.1, -0.05) is 5.10 Å². The number of nitrogens with one attached hydrogen (secondary N) is 1. The minimum atomic E-state index is -0.230. The highest BCUT2D eigenvalue weighted by Gasteiger charge is 2.09. The van der Waals surface area contributed by atoms with Gasteiger partial charge in [-0.2, -0.15) is 0 Å². The quantitative estimate of drug-likeness (QED) is 0.852. The van der Waals surface area contributed by atoms with E-state index in [2.05, 4.69) is 33.9 Å². The van der Waals surface area contributed by atoms with Crippen LogP contribution in [-0.4, -0.2) is 10.2 Å². The van der Waals surface area contributed by atoms with E-state index in [0.29, 0.717) is 18.5 Å². The van der Waals surface area contributed by atoms with E-state index in [-0.39, 0.29) is 6.04 Å². The zero-order chi connectivity index (χ0) is 11.5. The molecule has 0 bridgehead atoms. The first-order chi connectivity index (χ1) is 7.66. The molecule has 0 saturated carbocycles. The van der Waals surface area contributed by atoms with Crippen LogP contribution in [0.25, 0.3) is 0 Å². The van der Waals surface area contributed by atoms with Gasteiger partial charge in [0.05, 0.1) is 12.6 Å². The number of hydrogen-bond donors (Lipinski definition) is 2. The minimum absolute atomic E-state index is 0.230. The molecule has 0 fully saturated rings. The normalized spacial score (nSPS) is 12.7. The number of thiophene rings is 1. The average Bonchev–Trinajstić information content (AvgIpc) is 2.83. The zero-order valence-electron chi connectivity index (χ0n) is 9.23. The molecule has 0 aliphatic carbocycles. The fourth-order valence-corrected chi connectivity index (χ4v) is 2.08.